The molecular weight excluding hydrogens is 316 g/mol. The van der Waals surface area contributed by atoms with Crippen molar-refractivity contribution in [3.05, 3.63) is 59.5 Å². The van der Waals surface area contributed by atoms with Crippen LogP contribution in [0.1, 0.15) is 11.4 Å². The van der Waals surface area contributed by atoms with Crippen LogP contribution in [-0.4, -0.2) is 19.7 Å². The lowest BCUT2D eigenvalue weighted by atomic mass is 10.1. The molecule has 0 bridgehead atoms. The Morgan fingerprint density at radius 2 is 2.18 bits per heavy atom. The third-order valence-electron chi connectivity index (χ3n) is 3.37. The van der Waals surface area contributed by atoms with Crippen LogP contribution in [0.2, 0.25) is 5.02 Å². The summed E-state index contributed by atoms with van der Waals surface area (Å²) in [4.78, 5) is 4.46. The highest BCUT2D eigenvalue weighted by Gasteiger charge is 2.11. The van der Waals surface area contributed by atoms with Crippen molar-refractivity contribution in [1.82, 2.24) is 19.7 Å². The van der Waals surface area contributed by atoms with E-state index in [1.807, 2.05) is 41.8 Å². The number of fused-ring (bicyclic) bond motifs is 1. The van der Waals surface area contributed by atoms with E-state index in [1.54, 1.807) is 18.0 Å². The monoisotopic (exact) mass is 330 g/mol. The average molecular weight is 331 g/mol. The predicted molar refractivity (Wildman–Crippen MR) is 91.3 cm³/mol. The molecule has 0 aliphatic rings. The largest absolute Gasteiger partial charge is 0.302 e. The Morgan fingerprint density at radius 1 is 1.32 bits per heavy atom. The molecule has 0 amide bonds. The summed E-state index contributed by atoms with van der Waals surface area (Å²) < 4.78 is 2.04. The minimum absolute atomic E-state index is 0.709. The van der Waals surface area contributed by atoms with Crippen LogP contribution in [0.3, 0.4) is 0 Å². The van der Waals surface area contributed by atoms with Crippen LogP contribution in [0, 0.1) is 6.92 Å². The van der Waals surface area contributed by atoms with Crippen LogP contribution >= 0.6 is 23.4 Å². The SMILES string of the molecule is C=CCn1c(C)nnc1SCc1ccc(Cl)c2cccnc12. The number of aryl methyl sites for hydroxylation is 1. The van der Waals surface area contributed by atoms with E-state index in [0.29, 0.717) is 6.54 Å². The summed E-state index contributed by atoms with van der Waals surface area (Å²) in [7, 11) is 0. The van der Waals surface area contributed by atoms with E-state index in [2.05, 4.69) is 21.8 Å². The quantitative estimate of drug-likeness (QED) is 0.517. The summed E-state index contributed by atoms with van der Waals surface area (Å²) >= 11 is 7.87. The Balaban J connectivity index is 1.89. The first kappa shape index (κ1) is 15.1. The van der Waals surface area contributed by atoms with Crippen LogP contribution < -0.4 is 0 Å². The Kier molecular flexibility index (Phi) is 4.45. The maximum Gasteiger partial charge on any atom is 0.191 e. The first-order valence-electron chi connectivity index (χ1n) is 6.86. The average Bonchev–Trinajstić information content (AvgIpc) is 2.88. The number of nitrogens with zero attached hydrogens (tertiary/aromatic N) is 4. The number of benzene rings is 1. The third kappa shape index (κ3) is 2.87. The van der Waals surface area contributed by atoms with Crippen LogP contribution in [0.25, 0.3) is 10.9 Å². The number of thioether (sulfide) groups is 1. The first-order valence-corrected chi connectivity index (χ1v) is 8.22. The fourth-order valence-electron chi connectivity index (χ4n) is 2.26. The summed E-state index contributed by atoms with van der Waals surface area (Å²) in [5, 5.41) is 10.9. The molecule has 0 aliphatic heterocycles. The van der Waals surface area contributed by atoms with Gasteiger partial charge in [-0.3, -0.25) is 4.98 Å². The van der Waals surface area contributed by atoms with Gasteiger partial charge in [0, 0.05) is 28.9 Å². The van der Waals surface area contributed by atoms with Gasteiger partial charge in [-0.05, 0) is 30.7 Å². The van der Waals surface area contributed by atoms with E-state index in [4.69, 9.17) is 11.6 Å². The van der Waals surface area contributed by atoms with Crippen molar-refractivity contribution in [3.63, 3.8) is 0 Å². The second-order valence-corrected chi connectivity index (χ2v) is 6.17. The molecule has 0 spiro atoms. The number of hydrogen-bond donors (Lipinski definition) is 0. The molecule has 0 fully saturated rings. The third-order valence-corrected chi connectivity index (χ3v) is 4.72. The lowest BCUT2D eigenvalue weighted by molar-refractivity contribution is 0.703. The Morgan fingerprint density at radius 3 is 3.00 bits per heavy atom. The molecular formula is C16H15ClN4S. The van der Waals surface area contributed by atoms with Gasteiger partial charge in [-0.2, -0.15) is 0 Å². The van der Waals surface area contributed by atoms with Gasteiger partial charge >= 0.3 is 0 Å². The smallest absolute Gasteiger partial charge is 0.191 e. The highest BCUT2D eigenvalue weighted by molar-refractivity contribution is 7.98. The number of allylic oxidation sites excluding steroid dienone is 1. The predicted octanol–water partition coefficient (Wildman–Crippen LogP) is 4.27. The molecule has 0 saturated heterocycles. The topological polar surface area (TPSA) is 43.6 Å². The molecule has 3 rings (SSSR count). The van der Waals surface area contributed by atoms with Gasteiger partial charge in [0.25, 0.3) is 0 Å². The van der Waals surface area contributed by atoms with E-state index >= 15 is 0 Å². The molecule has 2 aromatic heterocycles. The van der Waals surface area contributed by atoms with E-state index in [0.717, 1.165) is 38.2 Å². The van der Waals surface area contributed by atoms with Crippen molar-refractivity contribution < 1.29 is 0 Å². The number of aromatic nitrogens is 4. The standard InChI is InChI=1S/C16H15ClN4S/c1-3-9-21-11(2)19-20-16(21)22-10-12-6-7-14(17)13-5-4-8-18-15(12)13/h3-8H,1,9-10H2,2H3. The zero-order chi connectivity index (χ0) is 15.5. The maximum atomic E-state index is 6.23. The molecule has 2 heterocycles. The fraction of sp³-hybridized carbons (Fsp3) is 0.188. The van der Waals surface area contributed by atoms with Crippen molar-refractivity contribution >= 4 is 34.3 Å². The lowest BCUT2D eigenvalue weighted by Crippen LogP contribution is -2.00. The number of halogens is 1. The van der Waals surface area contributed by atoms with E-state index in [1.165, 1.54) is 0 Å². The van der Waals surface area contributed by atoms with Gasteiger partial charge in [0.2, 0.25) is 0 Å². The lowest BCUT2D eigenvalue weighted by Gasteiger charge is -2.08. The summed E-state index contributed by atoms with van der Waals surface area (Å²) in [5.74, 6) is 1.65. The number of hydrogen-bond acceptors (Lipinski definition) is 4. The van der Waals surface area contributed by atoms with Crippen LogP contribution in [-0.2, 0) is 12.3 Å². The molecule has 3 aromatic rings. The zero-order valence-electron chi connectivity index (χ0n) is 12.2. The van der Waals surface area contributed by atoms with Crippen molar-refractivity contribution in [2.24, 2.45) is 0 Å². The van der Waals surface area contributed by atoms with Crippen molar-refractivity contribution in [2.75, 3.05) is 0 Å². The number of pyridine rings is 1. The Labute approximate surface area is 138 Å². The van der Waals surface area contributed by atoms with Crippen LogP contribution in [0.4, 0.5) is 0 Å². The van der Waals surface area contributed by atoms with Gasteiger partial charge in [-0.15, -0.1) is 16.8 Å². The second-order valence-electron chi connectivity index (χ2n) is 4.82. The second kappa shape index (κ2) is 6.50. The molecule has 4 nitrogen and oxygen atoms in total. The normalized spacial score (nSPS) is 11.0. The minimum atomic E-state index is 0.709. The Hall–Kier alpha value is -1.85. The molecule has 112 valence electrons. The van der Waals surface area contributed by atoms with Gasteiger partial charge in [0.1, 0.15) is 5.82 Å². The molecule has 0 N–H and O–H groups in total. The molecule has 22 heavy (non-hydrogen) atoms. The molecule has 0 aliphatic carbocycles. The molecule has 0 unspecified atom stereocenters. The van der Waals surface area contributed by atoms with E-state index < -0.39 is 0 Å². The Bertz CT molecular complexity index is 828. The molecule has 6 heteroatoms. The summed E-state index contributed by atoms with van der Waals surface area (Å²) in [5.41, 5.74) is 2.07. The highest BCUT2D eigenvalue weighted by atomic mass is 35.5. The maximum absolute atomic E-state index is 6.23. The van der Waals surface area contributed by atoms with E-state index in [-0.39, 0.29) is 0 Å². The van der Waals surface area contributed by atoms with Crippen molar-refractivity contribution in [1.29, 1.82) is 0 Å². The molecule has 0 saturated carbocycles. The van der Waals surface area contributed by atoms with Crippen molar-refractivity contribution in [2.45, 2.75) is 24.4 Å². The minimum Gasteiger partial charge on any atom is -0.302 e. The van der Waals surface area contributed by atoms with E-state index in [9.17, 15) is 0 Å². The first-order chi connectivity index (χ1) is 10.7. The number of rotatable bonds is 5. The van der Waals surface area contributed by atoms with Crippen LogP contribution in [0.5, 0.6) is 0 Å². The zero-order valence-corrected chi connectivity index (χ0v) is 13.7. The highest BCUT2D eigenvalue weighted by Crippen LogP contribution is 2.29. The van der Waals surface area contributed by atoms with Crippen molar-refractivity contribution in [3.8, 4) is 0 Å². The molecule has 1 aromatic carbocycles. The van der Waals surface area contributed by atoms with Gasteiger partial charge in [-0.1, -0.05) is 35.5 Å². The summed E-state index contributed by atoms with van der Waals surface area (Å²) in [6.07, 6.45) is 3.64. The molecule has 0 atom stereocenters. The fourth-order valence-corrected chi connectivity index (χ4v) is 3.46. The summed E-state index contributed by atoms with van der Waals surface area (Å²) in [6.45, 7) is 6.43. The van der Waals surface area contributed by atoms with Crippen LogP contribution in [0.15, 0.2) is 48.3 Å². The summed E-state index contributed by atoms with van der Waals surface area (Å²) in [6, 6.07) is 7.82. The van der Waals surface area contributed by atoms with Gasteiger partial charge < -0.3 is 4.57 Å². The van der Waals surface area contributed by atoms with Gasteiger partial charge in [-0.25, -0.2) is 0 Å². The van der Waals surface area contributed by atoms with Gasteiger partial charge in [0.05, 0.1) is 5.52 Å². The molecule has 0 radical (unpaired) electrons. The van der Waals surface area contributed by atoms with Gasteiger partial charge in [0.15, 0.2) is 5.16 Å².